The van der Waals surface area contributed by atoms with Gasteiger partial charge in [0.05, 0.1) is 13.2 Å². The zero-order valence-electron chi connectivity index (χ0n) is 10.1. The van der Waals surface area contributed by atoms with Gasteiger partial charge in [-0.25, -0.2) is 0 Å². The third kappa shape index (κ3) is 3.06. The molecule has 3 heteroatoms. The molecule has 1 aliphatic rings. The average Bonchev–Trinajstić information content (AvgIpc) is 2.79. The minimum absolute atomic E-state index is 0.200. The number of hydrogen-bond donors (Lipinski definition) is 2. The molecule has 2 rings (SSSR count). The van der Waals surface area contributed by atoms with Crippen LogP contribution in [0.4, 0.5) is 0 Å². The molecule has 0 radical (unpaired) electrons. The molecule has 17 heavy (non-hydrogen) atoms. The summed E-state index contributed by atoms with van der Waals surface area (Å²) >= 11 is 0. The molecule has 2 atom stereocenters. The van der Waals surface area contributed by atoms with Gasteiger partial charge in [-0.05, 0) is 24.8 Å². The van der Waals surface area contributed by atoms with Crippen LogP contribution in [0, 0.1) is 0 Å². The number of aliphatic hydroxyl groups is 2. The van der Waals surface area contributed by atoms with E-state index in [9.17, 15) is 10.2 Å². The summed E-state index contributed by atoms with van der Waals surface area (Å²) in [5.74, 6) is 0. The van der Waals surface area contributed by atoms with Gasteiger partial charge in [0.15, 0.2) is 0 Å². The second-order valence-electron chi connectivity index (χ2n) is 4.72. The SMILES string of the molecule is OC[C@@H]1CC[C@@H](CO)N1CCc1ccccc1. The van der Waals surface area contributed by atoms with Gasteiger partial charge in [-0.3, -0.25) is 4.90 Å². The number of benzene rings is 1. The standard InChI is InChI=1S/C14H21NO2/c16-10-13-6-7-14(11-17)15(13)9-8-12-4-2-1-3-5-12/h1-5,13-14,16-17H,6-11H2/t13-,14-/m0/s1. The van der Waals surface area contributed by atoms with Crippen molar-refractivity contribution in [3.63, 3.8) is 0 Å². The minimum atomic E-state index is 0.200. The van der Waals surface area contributed by atoms with Gasteiger partial charge >= 0.3 is 0 Å². The molecule has 1 aromatic carbocycles. The van der Waals surface area contributed by atoms with E-state index in [2.05, 4.69) is 17.0 Å². The van der Waals surface area contributed by atoms with Gasteiger partial charge < -0.3 is 10.2 Å². The number of rotatable bonds is 5. The Morgan fingerprint density at radius 2 is 1.59 bits per heavy atom. The van der Waals surface area contributed by atoms with Crippen LogP contribution in [0.5, 0.6) is 0 Å². The van der Waals surface area contributed by atoms with Gasteiger partial charge in [0.25, 0.3) is 0 Å². The van der Waals surface area contributed by atoms with Crippen LogP contribution < -0.4 is 0 Å². The largest absolute Gasteiger partial charge is 0.395 e. The quantitative estimate of drug-likeness (QED) is 0.801. The highest BCUT2D eigenvalue weighted by Gasteiger charge is 2.31. The Bertz CT molecular complexity index is 316. The molecule has 1 saturated heterocycles. The molecule has 1 heterocycles. The molecular formula is C14H21NO2. The molecule has 1 aliphatic heterocycles. The lowest BCUT2D eigenvalue weighted by atomic mass is 10.1. The Labute approximate surface area is 103 Å². The maximum atomic E-state index is 9.32. The summed E-state index contributed by atoms with van der Waals surface area (Å²) in [5.41, 5.74) is 1.31. The third-order valence-electron chi connectivity index (χ3n) is 3.69. The molecule has 0 bridgehead atoms. The number of aliphatic hydroxyl groups excluding tert-OH is 2. The van der Waals surface area contributed by atoms with Crippen molar-refractivity contribution >= 4 is 0 Å². The van der Waals surface area contributed by atoms with E-state index in [1.165, 1.54) is 5.56 Å². The Morgan fingerprint density at radius 3 is 2.12 bits per heavy atom. The normalized spacial score (nSPS) is 25.3. The third-order valence-corrected chi connectivity index (χ3v) is 3.69. The molecule has 94 valence electrons. The fourth-order valence-corrected chi connectivity index (χ4v) is 2.67. The van der Waals surface area contributed by atoms with Crippen LogP contribution in [-0.4, -0.2) is 47.0 Å². The van der Waals surface area contributed by atoms with Crippen LogP contribution in [-0.2, 0) is 6.42 Å². The van der Waals surface area contributed by atoms with E-state index >= 15 is 0 Å². The van der Waals surface area contributed by atoms with E-state index in [-0.39, 0.29) is 25.3 Å². The zero-order chi connectivity index (χ0) is 12.1. The van der Waals surface area contributed by atoms with E-state index in [1.807, 2.05) is 18.2 Å². The van der Waals surface area contributed by atoms with Crippen molar-refractivity contribution in [3.05, 3.63) is 35.9 Å². The summed E-state index contributed by atoms with van der Waals surface area (Å²) in [6, 6.07) is 10.8. The van der Waals surface area contributed by atoms with Crippen molar-refractivity contribution in [2.45, 2.75) is 31.3 Å². The fourth-order valence-electron chi connectivity index (χ4n) is 2.67. The Kier molecular flexibility index (Phi) is 4.54. The molecule has 0 aliphatic carbocycles. The predicted octanol–water partition coefficient (Wildman–Crippen LogP) is 1.05. The minimum Gasteiger partial charge on any atom is -0.395 e. The first-order valence-corrected chi connectivity index (χ1v) is 6.36. The van der Waals surface area contributed by atoms with Gasteiger partial charge in [0.2, 0.25) is 0 Å². The average molecular weight is 235 g/mol. The van der Waals surface area contributed by atoms with E-state index in [0.717, 1.165) is 25.8 Å². The first-order valence-electron chi connectivity index (χ1n) is 6.36. The van der Waals surface area contributed by atoms with Crippen molar-refractivity contribution in [2.75, 3.05) is 19.8 Å². The van der Waals surface area contributed by atoms with Crippen LogP contribution >= 0.6 is 0 Å². The van der Waals surface area contributed by atoms with Crippen molar-refractivity contribution < 1.29 is 10.2 Å². The van der Waals surface area contributed by atoms with Gasteiger partial charge in [-0.2, -0.15) is 0 Å². The summed E-state index contributed by atoms with van der Waals surface area (Å²) < 4.78 is 0. The van der Waals surface area contributed by atoms with Crippen LogP contribution in [0.1, 0.15) is 18.4 Å². The second kappa shape index (κ2) is 6.15. The van der Waals surface area contributed by atoms with Crippen molar-refractivity contribution in [1.82, 2.24) is 4.90 Å². The summed E-state index contributed by atoms with van der Waals surface area (Å²) in [6.07, 6.45) is 2.97. The zero-order valence-corrected chi connectivity index (χ0v) is 10.1. The summed E-state index contributed by atoms with van der Waals surface area (Å²) in [7, 11) is 0. The molecular weight excluding hydrogens is 214 g/mol. The molecule has 3 nitrogen and oxygen atoms in total. The van der Waals surface area contributed by atoms with E-state index in [4.69, 9.17) is 0 Å². The Hall–Kier alpha value is -0.900. The van der Waals surface area contributed by atoms with Crippen molar-refractivity contribution in [2.24, 2.45) is 0 Å². The van der Waals surface area contributed by atoms with Crippen molar-refractivity contribution in [3.8, 4) is 0 Å². The Balaban J connectivity index is 1.92. The Morgan fingerprint density at radius 1 is 1.00 bits per heavy atom. The lowest BCUT2D eigenvalue weighted by molar-refractivity contribution is 0.0975. The highest BCUT2D eigenvalue weighted by atomic mass is 16.3. The molecule has 2 N–H and O–H groups in total. The first-order chi connectivity index (χ1) is 8.35. The highest BCUT2D eigenvalue weighted by Crippen LogP contribution is 2.23. The van der Waals surface area contributed by atoms with Gasteiger partial charge in [0.1, 0.15) is 0 Å². The first kappa shape index (κ1) is 12.6. The molecule has 0 unspecified atom stereocenters. The monoisotopic (exact) mass is 235 g/mol. The lowest BCUT2D eigenvalue weighted by Gasteiger charge is -2.28. The number of nitrogens with zero attached hydrogens (tertiary/aromatic N) is 1. The molecule has 0 saturated carbocycles. The molecule has 1 aromatic rings. The van der Waals surface area contributed by atoms with Crippen LogP contribution in [0.15, 0.2) is 30.3 Å². The number of likely N-dealkylation sites (tertiary alicyclic amines) is 1. The molecule has 0 spiro atoms. The van der Waals surface area contributed by atoms with Gasteiger partial charge in [0, 0.05) is 18.6 Å². The number of hydrogen-bond acceptors (Lipinski definition) is 3. The fraction of sp³-hybridized carbons (Fsp3) is 0.571. The topological polar surface area (TPSA) is 43.7 Å². The van der Waals surface area contributed by atoms with Crippen molar-refractivity contribution in [1.29, 1.82) is 0 Å². The maximum absolute atomic E-state index is 9.32. The van der Waals surface area contributed by atoms with Gasteiger partial charge in [-0.15, -0.1) is 0 Å². The molecule has 0 aromatic heterocycles. The summed E-state index contributed by atoms with van der Waals surface area (Å²) in [4.78, 5) is 2.26. The smallest absolute Gasteiger partial charge is 0.0587 e. The van der Waals surface area contributed by atoms with Gasteiger partial charge in [-0.1, -0.05) is 30.3 Å². The van der Waals surface area contributed by atoms with Crippen LogP contribution in [0.3, 0.4) is 0 Å². The summed E-state index contributed by atoms with van der Waals surface area (Å²) in [6.45, 7) is 1.32. The van der Waals surface area contributed by atoms with E-state index in [0.29, 0.717) is 0 Å². The predicted molar refractivity (Wildman–Crippen MR) is 67.8 cm³/mol. The molecule has 0 amide bonds. The lowest BCUT2D eigenvalue weighted by Crippen LogP contribution is -2.41. The van der Waals surface area contributed by atoms with Crippen LogP contribution in [0.25, 0.3) is 0 Å². The highest BCUT2D eigenvalue weighted by molar-refractivity contribution is 5.15. The van der Waals surface area contributed by atoms with Crippen LogP contribution in [0.2, 0.25) is 0 Å². The van der Waals surface area contributed by atoms with E-state index < -0.39 is 0 Å². The maximum Gasteiger partial charge on any atom is 0.0587 e. The van der Waals surface area contributed by atoms with E-state index in [1.54, 1.807) is 0 Å². The second-order valence-corrected chi connectivity index (χ2v) is 4.72. The molecule has 1 fully saturated rings. The summed E-state index contributed by atoms with van der Waals surface area (Å²) in [5, 5.41) is 18.6.